The predicted molar refractivity (Wildman–Crippen MR) is 81.1 cm³/mol. The average molecular weight is 294 g/mol. The molecule has 0 spiro atoms. The third-order valence-electron chi connectivity index (χ3n) is 3.42. The second-order valence-corrected chi connectivity index (χ2v) is 6.58. The summed E-state index contributed by atoms with van der Waals surface area (Å²) in [5, 5.41) is 2.82. The summed E-state index contributed by atoms with van der Waals surface area (Å²) in [4.78, 5) is 16.4. The van der Waals surface area contributed by atoms with Crippen LogP contribution >= 0.6 is 0 Å². The summed E-state index contributed by atoms with van der Waals surface area (Å²) < 4.78 is 7.47. The van der Waals surface area contributed by atoms with Crippen LogP contribution in [0.1, 0.15) is 45.1 Å². The van der Waals surface area contributed by atoms with E-state index in [2.05, 4.69) is 21.1 Å². The van der Waals surface area contributed by atoms with Gasteiger partial charge in [-0.25, -0.2) is 9.78 Å². The molecule has 118 valence electrons. The molecule has 2 rings (SSSR count). The molecule has 0 saturated heterocycles. The number of carbonyl (C=O) groups is 1. The molecule has 1 unspecified atom stereocenters. The molecular formula is C15H26N4O2. The molecule has 0 fully saturated rings. The van der Waals surface area contributed by atoms with Crippen LogP contribution in [0.4, 0.5) is 4.79 Å². The number of hydrogen-bond acceptors (Lipinski definition) is 4. The number of rotatable bonds is 4. The molecule has 0 aromatic carbocycles. The van der Waals surface area contributed by atoms with Crippen molar-refractivity contribution in [1.29, 1.82) is 0 Å². The van der Waals surface area contributed by atoms with Crippen molar-refractivity contribution in [3.8, 4) is 0 Å². The number of imidazole rings is 1. The largest absolute Gasteiger partial charge is 0.444 e. The molecule has 6 nitrogen and oxygen atoms in total. The first-order valence-corrected chi connectivity index (χ1v) is 7.62. The van der Waals surface area contributed by atoms with Crippen LogP contribution < -0.4 is 11.1 Å². The van der Waals surface area contributed by atoms with Gasteiger partial charge in [-0.15, -0.1) is 0 Å². The highest BCUT2D eigenvalue weighted by molar-refractivity contribution is 5.68. The lowest BCUT2D eigenvalue weighted by atomic mass is 10.1. The first-order chi connectivity index (χ1) is 9.87. The molecule has 1 aromatic heterocycles. The van der Waals surface area contributed by atoms with E-state index < -0.39 is 11.7 Å². The summed E-state index contributed by atoms with van der Waals surface area (Å²) in [6.45, 7) is 6.92. The van der Waals surface area contributed by atoms with Crippen LogP contribution in [0.3, 0.4) is 0 Å². The Bertz CT molecular complexity index is 467. The number of aryl methyl sites for hydroxylation is 2. The van der Waals surface area contributed by atoms with Gasteiger partial charge in [0.15, 0.2) is 0 Å². The number of nitrogens with one attached hydrogen (secondary N) is 1. The van der Waals surface area contributed by atoms with Crippen LogP contribution in [-0.4, -0.2) is 33.8 Å². The Kier molecular flexibility index (Phi) is 4.88. The van der Waals surface area contributed by atoms with Crippen molar-refractivity contribution in [2.24, 2.45) is 5.73 Å². The lowest BCUT2D eigenvalue weighted by molar-refractivity contribution is 0.0506. The smallest absolute Gasteiger partial charge is 0.407 e. The minimum Gasteiger partial charge on any atom is -0.444 e. The van der Waals surface area contributed by atoms with Gasteiger partial charge >= 0.3 is 6.09 Å². The summed E-state index contributed by atoms with van der Waals surface area (Å²) in [6.07, 6.45) is 5.73. The van der Waals surface area contributed by atoms with Crippen molar-refractivity contribution >= 4 is 6.09 Å². The van der Waals surface area contributed by atoms with Crippen molar-refractivity contribution in [3.05, 3.63) is 17.7 Å². The van der Waals surface area contributed by atoms with E-state index in [1.165, 1.54) is 12.8 Å². The molecular weight excluding hydrogens is 268 g/mol. The van der Waals surface area contributed by atoms with E-state index in [-0.39, 0.29) is 6.04 Å². The molecule has 6 heteroatoms. The minimum absolute atomic E-state index is 0.156. The van der Waals surface area contributed by atoms with Gasteiger partial charge < -0.3 is 20.4 Å². The fraction of sp³-hybridized carbons (Fsp3) is 0.733. The molecule has 1 aromatic rings. The van der Waals surface area contributed by atoms with E-state index in [0.29, 0.717) is 13.0 Å². The fourth-order valence-electron chi connectivity index (χ4n) is 2.49. The topological polar surface area (TPSA) is 82.2 Å². The Hall–Kier alpha value is -1.56. The SMILES string of the molecule is CC(C)(C)OC(=O)NC(CN)Cc1cn2c(n1)CCCC2. The molecule has 2 heterocycles. The normalized spacial score (nSPS) is 16.2. The van der Waals surface area contributed by atoms with Gasteiger partial charge in [0, 0.05) is 38.2 Å². The molecule has 1 atom stereocenters. The first kappa shape index (κ1) is 15.8. The summed E-state index contributed by atoms with van der Waals surface area (Å²) in [5.41, 5.74) is 6.23. The van der Waals surface area contributed by atoms with Gasteiger partial charge in [0.1, 0.15) is 11.4 Å². The van der Waals surface area contributed by atoms with E-state index in [1.807, 2.05) is 20.8 Å². The average Bonchev–Trinajstić information content (AvgIpc) is 2.77. The number of alkyl carbamates (subject to hydrolysis) is 1. The maximum atomic E-state index is 11.8. The van der Waals surface area contributed by atoms with Crippen LogP contribution in [-0.2, 0) is 24.1 Å². The number of amides is 1. The van der Waals surface area contributed by atoms with Crippen molar-refractivity contribution < 1.29 is 9.53 Å². The van der Waals surface area contributed by atoms with Gasteiger partial charge in [-0.3, -0.25) is 0 Å². The number of hydrogen-bond donors (Lipinski definition) is 2. The van der Waals surface area contributed by atoms with Crippen LogP contribution in [0.15, 0.2) is 6.20 Å². The summed E-state index contributed by atoms with van der Waals surface area (Å²) >= 11 is 0. The Labute approximate surface area is 126 Å². The van der Waals surface area contributed by atoms with E-state index in [0.717, 1.165) is 24.5 Å². The highest BCUT2D eigenvalue weighted by Crippen LogP contribution is 2.15. The van der Waals surface area contributed by atoms with E-state index in [4.69, 9.17) is 10.5 Å². The number of nitrogens with zero attached hydrogens (tertiary/aromatic N) is 2. The summed E-state index contributed by atoms with van der Waals surface area (Å²) in [7, 11) is 0. The van der Waals surface area contributed by atoms with Gasteiger partial charge in [0.2, 0.25) is 0 Å². The van der Waals surface area contributed by atoms with E-state index in [9.17, 15) is 4.79 Å². The second kappa shape index (κ2) is 6.47. The predicted octanol–water partition coefficient (Wildman–Crippen LogP) is 1.61. The molecule has 1 amide bonds. The molecule has 3 N–H and O–H groups in total. The second-order valence-electron chi connectivity index (χ2n) is 6.58. The van der Waals surface area contributed by atoms with Gasteiger partial charge in [-0.1, -0.05) is 0 Å². The van der Waals surface area contributed by atoms with Crippen molar-refractivity contribution in [2.75, 3.05) is 6.54 Å². The lowest BCUT2D eigenvalue weighted by Crippen LogP contribution is -2.44. The Morgan fingerprint density at radius 3 is 2.90 bits per heavy atom. The van der Waals surface area contributed by atoms with Gasteiger partial charge in [-0.05, 0) is 33.6 Å². The molecule has 0 radical (unpaired) electrons. The number of carbonyl (C=O) groups excluding carboxylic acids is 1. The van der Waals surface area contributed by atoms with Crippen LogP contribution in [0.25, 0.3) is 0 Å². The number of aromatic nitrogens is 2. The standard InChI is InChI=1S/C15H26N4O2/c1-15(2,3)21-14(20)18-11(9-16)8-12-10-19-7-5-4-6-13(19)17-12/h10-11H,4-9,16H2,1-3H3,(H,18,20). The zero-order valence-electron chi connectivity index (χ0n) is 13.2. The molecule has 0 bridgehead atoms. The molecule has 0 saturated carbocycles. The monoisotopic (exact) mass is 294 g/mol. The number of ether oxygens (including phenoxy) is 1. The Morgan fingerprint density at radius 1 is 1.52 bits per heavy atom. The first-order valence-electron chi connectivity index (χ1n) is 7.62. The quantitative estimate of drug-likeness (QED) is 0.884. The molecule has 1 aliphatic heterocycles. The van der Waals surface area contributed by atoms with Crippen molar-refractivity contribution in [3.63, 3.8) is 0 Å². The minimum atomic E-state index is -0.503. The van der Waals surface area contributed by atoms with Crippen molar-refractivity contribution in [1.82, 2.24) is 14.9 Å². The van der Waals surface area contributed by atoms with Gasteiger partial charge in [0.05, 0.1) is 5.69 Å². The molecule has 21 heavy (non-hydrogen) atoms. The Balaban J connectivity index is 1.92. The van der Waals surface area contributed by atoms with E-state index >= 15 is 0 Å². The van der Waals surface area contributed by atoms with Crippen LogP contribution in [0, 0.1) is 0 Å². The summed E-state index contributed by atoms with van der Waals surface area (Å²) in [6, 6.07) is -0.156. The maximum Gasteiger partial charge on any atom is 0.407 e. The van der Waals surface area contributed by atoms with Gasteiger partial charge in [-0.2, -0.15) is 0 Å². The zero-order chi connectivity index (χ0) is 15.5. The van der Waals surface area contributed by atoms with Crippen LogP contribution in [0.2, 0.25) is 0 Å². The molecule has 1 aliphatic rings. The maximum absolute atomic E-state index is 11.8. The lowest BCUT2D eigenvalue weighted by Gasteiger charge is -2.22. The highest BCUT2D eigenvalue weighted by atomic mass is 16.6. The Morgan fingerprint density at radius 2 is 2.29 bits per heavy atom. The number of nitrogens with two attached hydrogens (primary N) is 1. The number of fused-ring (bicyclic) bond motifs is 1. The zero-order valence-corrected chi connectivity index (χ0v) is 13.2. The molecule has 0 aliphatic carbocycles. The fourth-order valence-corrected chi connectivity index (χ4v) is 2.49. The highest BCUT2D eigenvalue weighted by Gasteiger charge is 2.20. The summed E-state index contributed by atoms with van der Waals surface area (Å²) in [5.74, 6) is 1.14. The van der Waals surface area contributed by atoms with E-state index in [1.54, 1.807) is 0 Å². The van der Waals surface area contributed by atoms with Crippen molar-refractivity contribution in [2.45, 2.75) is 64.6 Å². The van der Waals surface area contributed by atoms with Gasteiger partial charge in [0.25, 0.3) is 0 Å². The van der Waals surface area contributed by atoms with Crippen LogP contribution in [0.5, 0.6) is 0 Å². The third kappa shape index (κ3) is 4.74. The third-order valence-corrected chi connectivity index (χ3v) is 3.42.